The van der Waals surface area contributed by atoms with Crippen molar-refractivity contribution in [2.75, 3.05) is 11.1 Å². The number of aromatic nitrogens is 2. The van der Waals surface area contributed by atoms with Crippen LogP contribution in [-0.2, 0) is 17.8 Å². The first-order valence-electron chi connectivity index (χ1n) is 8.84. The van der Waals surface area contributed by atoms with Gasteiger partial charge in [-0.1, -0.05) is 54.3 Å². The number of fused-ring (bicyclic) bond motifs is 1. The maximum Gasteiger partial charge on any atom is 0.290 e. The first-order chi connectivity index (χ1) is 13.7. The predicted octanol–water partition coefficient (Wildman–Crippen LogP) is 3.45. The van der Waals surface area contributed by atoms with E-state index in [1.165, 1.54) is 17.6 Å². The molecule has 0 saturated heterocycles. The second kappa shape index (κ2) is 8.15. The molecule has 0 radical (unpaired) electrons. The van der Waals surface area contributed by atoms with Crippen LogP contribution in [0.3, 0.4) is 0 Å². The van der Waals surface area contributed by atoms with E-state index in [2.05, 4.69) is 15.5 Å². The van der Waals surface area contributed by atoms with Crippen molar-refractivity contribution in [2.45, 2.75) is 30.3 Å². The number of hydrogen-bond acceptors (Lipinski definition) is 7. The van der Waals surface area contributed by atoms with Gasteiger partial charge in [-0.3, -0.25) is 14.9 Å². The summed E-state index contributed by atoms with van der Waals surface area (Å²) < 4.78 is 6.07. The van der Waals surface area contributed by atoms with Gasteiger partial charge in [0.1, 0.15) is 6.04 Å². The van der Waals surface area contributed by atoms with Crippen molar-refractivity contribution in [3.63, 3.8) is 0 Å². The number of rotatable bonds is 5. The van der Waals surface area contributed by atoms with E-state index in [0.29, 0.717) is 18.1 Å². The highest BCUT2D eigenvalue weighted by Crippen LogP contribution is 2.28. The lowest BCUT2D eigenvalue weighted by atomic mass is 9.93. The first-order valence-corrected chi connectivity index (χ1v) is 10.6. The van der Waals surface area contributed by atoms with Crippen LogP contribution in [0.25, 0.3) is 0 Å². The van der Waals surface area contributed by atoms with Crippen LogP contribution in [0.15, 0.2) is 51.4 Å². The topological polar surface area (TPSA) is 88.3 Å². The van der Waals surface area contributed by atoms with Crippen LogP contribution in [0.4, 0.5) is 5.13 Å². The molecule has 4 rings (SSSR count). The van der Waals surface area contributed by atoms with Gasteiger partial charge in [0, 0.05) is 13.0 Å². The van der Waals surface area contributed by atoms with E-state index in [-0.39, 0.29) is 17.6 Å². The summed E-state index contributed by atoms with van der Waals surface area (Å²) in [6, 6.07) is 10.5. The highest BCUT2D eigenvalue weighted by molar-refractivity contribution is 8.01. The zero-order chi connectivity index (χ0) is 19.5. The standard InChI is InChI=1S/C19H18N4O3S2/c1-2-27-19-22-21-18(28-19)20-16(24)14-10-12-6-3-4-7-13(12)11-23(14)17(25)15-8-5-9-26-15/h3-9,14H,2,10-11H2,1H3,(H,20,21,24)/t14-/m0/s1. The normalized spacial score (nSPS) is 15.9. The second-order valence-electron chi connectivity index (χ2n) is 6.19. The Morgan fingerprint density at radius 2 is 2.07 bits per heavy atom. The lowest BCUT2D eigenvalue weighted by Gasteiger charge is -2.35. The second-order valence-corrected chi connectivity index (χ2v) is 8.68. The molecule has 0 spiro atoms. The monoisotopic (exact) mass is 414 g/mol. The summed E-state index contributed by atoms with van der Waals surface area (Å²) in [5, 5.41) is 11.3. The Bertz CT molecular complexity index is 987. The van der Waals surface area contributed by atoms with E-state index in [9.17, 15) is 9.59 Å². The average molecular weight is 415 g/mol. The third-order valence-corrected chi connectivity index (χ3v) is 6.30. The highest BCUT2D eigenvalue weighted by atomic mass is 32.2. The third kappa shape index (κ3) is 3.81. The van der Waals surface area contributed by atoms with Crippen LogP contribution >= 0.6 is 23.1 Å². The number of furan rings is 1. The fraction of sp³-hybridized carbons (Fsp3) is 0.263. The maximum absolute atomic E-state index is 13.0. The molecular formula is C19H18N4O3S2. The van der Waals surface area contributed by atoms with Crippen molar-refractivity contribution in [3.05, 3.63) is 59.5 Å². The van der Waals surface area contributed by atoms with Gasteiger partial charge in [0.2, 0.25) is 11.0 Å². The van der Waals surface area contributed by atoms with Gasteiger partial charge < -0.3 is 9.32 Å². The van der Waals surface area contributed by atoms with Gasteiger partial charge in [0.15, 0.2) is 10.1 Å². The molecule has 1 aliphatic heterocycles. The van der Waals surface area contributed by atoms with Gasteiger partial charge in [-0.15, -0.1) is 10.2 Å². The largest absolute Gasteiger partial charge is 0.459 e. The van der Waals surface area contributed by atoms with E-state index in [1.807, 2.05) is 31.2 Å². The molecule has 3 aromatic rings. The lowest BCUT2D eigenvalue weighted by molar-refractivity contribution is -0.121. The minimum absolute atomic E-state index is 0.217. The molecule has 2 aromatic heterocycles. The number of carbonyl (C=O) groups is 2. The van der Waals surface area contributed by atoms with E-state index < -0.39 is 6.04 Å². The van der Waals surface area contributed by atoms with Gasteiger partial charge in [0.25, 0.3) is 5.91 Å². The quantitative estimate of drug-likeness (QED) is 0.508. The number of benzene rings is 1. The number of amides is 2. The number of carbonyl (C=O) groups excluding carboxylic acids is 2. The molecule has 1 aromatic carbocycles. The molecule has 9 heteroatoms. The number of thioether (sulfide) groups is 1. The van der Waals surface area contributed by atoms with E-state index in [1.54, 1.807) is 28.8 Å². The molecule has 2 amide bonds. The van der Waals surface area contributed by atoms with Crippen LogP contribution in [0.2, 0.25) is 0 Å². The maximum atomic E-state index is 13.0. The Kier molecular flexibility index (Phi) is 5.45. The number of anilines is 1. The summed E-state index contributed by atoms with van der Waals surface area (Å²) in [7, 11) is 0. The van der Waals surface area contributed by atoms with Crippen LogP contribution in [0, 0.1) is 0 Å². The van der Waals surface area contributed by atoms with Gasteiger partial charge >= 0.3 is 0 Å². The van der Waals surface area contributed by atoms with Crippen molar-refractivity contribution in [1.82, 2.24) is 15.1 Å². The Balaban J connectivity index is 1.59. The molecule has 0 aliphatic carbocycles. The van der Waals surface area contributed by atoms with E-state index in [0.717, 1.165) is 21.2 Å². The summed E-state index contributed by atoms with van der Waals surface area (Å²) in [6.45, 7) is 2.38. The molecule has 1 atom stereocenters. The van der Waals surface area contributed by atoms with Crippen molar-refractivity contribution in [2.24, 2.45) is 0 Å². The van der Waals surface area contributed by atoms with E-state index in [4.69, 9.17) is 4.42 Å². The molecule has 144 valence electrons. The summed E-state index contributed by atoms with van der Waals surface area (Å²) in [4.78, 5) is 27.5. The van der Waals surface area contributed by atoms with Crippen LogP contribution in [0.5, 0.6) is 0 Å². The molecule has 0 unspecified atom stereocenters. The van der Waals surface area contributed by atoms with Crippen molar-refractivity contribution in [3.8, 4) is 0 Å². The minimum Gasteiger partial charge on any atom is -0.459 e. The van der Waals surface area contributed by atoms with Gasteiger partial charge in [-0.25, -0.2) is 0 Å². The van der Waals surface area contributed by atoms with Gasteiger partial charge in [-0.2, -0.15) is 0 Å². The summed E-state index contributed by atoms with van der Waals surface area (Å²) >= 11 is 2.90. The number of nitrogens with zero attached hydrogens (tertiary/aromatic N) is 3. The zero-order valence-corrected chi connectivity index (χ0v) is 16.8. The molecule has 0 fully saturated rings. The SMILES string of the molecule is CCSc1nnc(NC(=O)[C@@H]2Cc3ccccc3CN2C(=O)c2ccco2)s1. The van der Waals surface area contributed by atoms with Crippen molar-refractivity contribution in [1.29, 1.82) is 0 Å². The first kappa shape index (κ1) is 18.7. The Morgan fingerprint density at radius 1 is 1.25 bits per heavy atom. The van der Waals surface area contributed by atoms with Crippen molar-refractivity contribution >= 4 is 40.0 Å². The molecular weight excluding hydrogens is 396 g/mol. The minimum atomic E-state index is -0.654. The van der Waals surface area contributed by atoms with Crippen LogP contribution in [-0.4, -0.2) is 38.7 Å². The van der Waals surface area contributed by atoms with Crippen LogP contribution in [0.1, 0.15) is 28.6 Å². The molecule has 3 heterocycles. The number of hydrogen-bond donors (Lipinski definition) is 1. The zero-order valence-electron chi connectivity index (χ0n) is 15.1. The molecule has 7 nitrogen and oxygen atoms in total. The van der Waals surface area contributed by atoms with Gasteiger partial charge in [-0.05, 0) is 29.0 Å². The van der Waals surface area contributed by atoms with Gasteiger partial charge in [0.05, 0.1) is 6.26 Å². The van der Waals surface area contributed by atoms with Crippen molar-refractivity contribution < 1.29 is 14.0 Å². The fourth-order valence-electron chi connectivity index (χ4n) is 3.14. The Morgan fingerprint density at radius 3 is 2.82 bits per heavy atom. The molecule has 28 heavy (non-hydrogen) atoms. The number of nitrogens with one attached hydrogen (secondary N) is 1. The Labute approximate surface area is 170 Å². The Hall–Kier alpha value is -2.65. The molecule has 1 N–H and O–H groups in total. The lowest BCUT2D eigenvalue weighted by Crippen LogP contribution is -2.50. The highest BCUT2D eigenvalue weighted by Gasteiger charge is 2.36. The fourth-order valence-corrected chi connectivity index (χ4v) is 4.80. The summed E-state index contributed by atoms with van der Waals surface area (Å²) in [6.07, 6.45) is 1.89. The molecule has 0 bridgehead atoms. The smallest absolute Gasteiger partial charge is 0.290 e. The predicted molar refractivity (Wildman–Crippen MR) is 107 cm³/mol. The molecule has 1 aliphatic rings. The average Bonchev–Trinajstić information content (AvgIpc) is 3.39. The third-order valence-electron chi connectivity index (χ3n) is 4.45. The van der Waals surface area contributed by atoms with E-state index >= 15 is 0 Å². The summed E-state index contributed by atoms with van der Waals surface area (Å²) in [5.41, 5.74) is 2.09. The molecule has 0 saturated carbocycles. The van der Waals surface area contributed by atoms with Crippen LogP contribution < -0.4 is 5.32 Å². The summed E-state index contributed by atoms with van der Waals surface area (Å²) in [5.74, 6) is 0.514.